The molecule has 0 radical (unpaired) electrons. The maximum Gasteiger partial charge on any atom is 0.338 e. The third-order valence-electron chi connectivity index (χ3n) is 3.74. The maximum atomic E-state index is 11.1. The zero-order valence-corrected chi connectivity index (χ0v) is 16.7. The van der Waals surface area contributed by atoms with E-state index in [-0.39, 0.29) is 12.3 Å². The van der Waals surface area contributed by atoms with Crippen molar-refractivity contribution in [2.45, 2.75) is 26.7 Å². The zero-order valence-electron chi connectivity index (χ0n) is 16.7. The second-order valence-electron chi connectivity index (χ2n) is 6.18. The first-order valence-corrected chi connectivity index (χ1v) is 9.34. The number of esters is 2. The smallest absolute Gasteiger partial charge is 0.338 e. The van der Waals surface area contributed by atoms with Crippen molar-refractivity contribution in [2.24, 2.45) is 5.92 Å². The molecule has 0 fully saturated rings. The highest BCUT2D eigenvalue weighted by Crippen LogP contribution is 2.07. The van der Waals surface area contributed by atoms with Gasteiger partial charge in [-0.15, -0.1) is 0 Å². The molecule has 0 bridgehead atoms. The third-order valence-corrected chi connectivity index (χ3v) is 3.74. The van der Waals surface area contributed by atoms with Crippen LogP contribution in [0.3, 0.4) is 0 Å². The van der Waals surface area contributed by atoms with E-state index in [1.54, 1.807) is 19.9 Å². The van der Waals surface area contributed by atoms with Gasteiger partial charge in [-0.25, -0.2) is 4.79 Å². The number of carbonyl (C=O) groups excluding carboxylic acids is 2. The van der Waals surface area contributed by atoms with Gasteiger partial charge in [-0.2, -0.15) is 0 Å². The minimum atomic E-state index is -0.747. The van der Waals surface area contributed by atoms with E-state index < -0.39 is 17.9 Å². The first kappa shape index (κ1) is 23.6. The molecule has 1 atom stereocenters. The van der Waals surface area contributed by atoms with Crippen LogP contribution in [0.2, 0.25) is 0 Å². The van der Waals surface area contributed by atoms with Crippen molar-refractivity contribution in [3.8, 4) is 0 Å². The van der Waals surface area contributed by atoms with Crippen molar-refractivity contribution < 1.29 is 24.2 Å². The van der Waals surface area contributed by atoms with Gasteiger partial charge in [0.25, 0.3) is 0 Å². The Bertz CT molecular complexity index is 823. The number of carboxylic acids is 1. The fourth-order valence-electron chi connectivity index (χ4n) is 2.02. The molecule has 0 heterocycles. The molecule has 0 saturated heterocycles. The van der Waals surface area contributed by atoms with Gasteiger partial charge in [0.05, 0.1) is 5.92 Å². The van der Waals surface area contributed by atoms with Gasteiger partial charge >= 0.3 is 17.9 Å². The van der Waals surface area contributed by atoms with Crippen molar-refractivity contribution in [1.82, 2.24) is 0 Å². The van der Waals surface area contributed by atoms with Gasteiger partial charge in [-0.3, -0.25) is 9.59 Å². The van der Waals surface area contributed by atoms with Crippen LogP contribution in [-0.2, 0) is 19.1 Å². The summed E-state index contributed by atoms with van der Waals surface area (Å²) in [6.07, 6.45) is 7.46. The Balaban J connectivity index is 0.000000291. The van der Waals surface area contributed by atoms with E-state index in [0.29, 0.717) is 6.42 Å². The Morgan fingerprint density at radius 1 is 0.931 bits per heavy atom. The minimum absolute atomic E-state index is 0.199. The number of carboxylic acid groups (broad SMARTS) is 1. The van der Waals surface area contributed by atoms with E-state index in [0.717, 1.165) is 11.1 Å². The number of hydrogen-bond donors (Lipinski definition) is 1. The average molecular weight is 394 g/mol. The van der Waals surface area contributed by atoms with Crippen LogP contribution >= 0.6 is 0 Å². The minimum Gasteiger partial charge on any atom is -0.481 e. The van der Waals surface area contributed by atoms with Crippen molar-refractivity contribution >= 4 is 30.1 Å². The van der Waals surface area contributed by atoms with Gasteiger partial charge in [-0.1, -0.05) is 86.7 Å². The van der Waals surface area contributed by atoms with Crippen molar-refractivity contribution in [3.63, 3.8) is 0 Å². The molecule has 0 aromatic heterocycles. The fourth-order valence-corrected chi connectivity index (χ4v) is 2.02. The summed E-state index contributed by atoms with van der Waals surface area (Å²) in [6, 6.07) is 19.2. The number of allylic oxidation sites excluding steroid dienone is 1. The molecule has 2 aromatic rings. The van der Waals surface area contributed by atoms with Crippen LogP contribution in [0.25, 0.3) is 12.2 Å². The summed E-state index contributed by atoms with van der Waals surface area (Å²) < 4.78 is 4.46. The largest absolute Gasteiger partial charge is 0.481 e. The Labute approximate surface area is 171 Å². The van der Waals surface area contributed by atoms with E-state index in [9.17, 15) is 14.4 Å². The molecule has 0 aliphatic heterocycles. The molecule has 2 rings (SSSR count). The summed E-state index contributed by atoms with van der Waals surface area (Å²) in [4.78, 5) is 32.3. The lowest BCUT2D eigenvalue weighted by molar-refractivity contribution is -0.155. The number of rotatable bonds is 7. The second-order valence-corrected chi connectivity index (χ2v) is 6.18. The van der Waals surface area contributed by atoms with Gasteiger partial charge in [0.2, 0.25) is 0 Å². The zero-order chi connectivity index (χ0) is 21.5. The summed E-state index contributed by atoms with van der Waals surface area (Å²) in [5.74, 6) is -2.21. The summed E-state index contributed by atoms with van der Waals surface area (Å²) >= 11 is 0. The molecule has 0 saturated carbocycles. The predicted octanol–water partition coefficient (Wildman–Crippen LogP) is 4.99. The summed E-state index contributed by atoms with van der Waals surface area (Å²) in [6.45, 7) is 3.34. The van der Waals surface area contributed by atoms with E-state index >= 15 is 0 Å². The number of carbonyl (C=O) groups is 3. The highest BCUT2D eigenvalue weighted by atomic mass is 16.6. The molecular weight excluding hydrogens is 368 g/mol. The SMILES string of the molecule is CC(CC=Cc1ccccc1)C(=O)O.CCC(=O)OC(=O)C=Cc1ccccc1. The van der Waals surface area contributed by atoms with E-state index in [4.69, 9.17) is 5.11 Å². The van der Waals surface area contributed by atoms with Gasteiger partial charge in [0, 0.05) is 12.5 Å². The van der Waals surface area contributed by atoms with Gasteiger partial charge in [-0.05, 0) is 23.6 Å². The van der Waals surface area contributed by atoms with Gasteiger partial charge < -0.3 is 9.84 Å². The van der Waals surface area contributed by atoms with Crippen LogP contribution in [0.5, 0.6) is 0 Å². The molecule has 1 N–H and O–H groups in total. The van der Waals surface area contributed by atoms with Crippen LogP contribution in [0, 0.1) is 5.92 Å². The van der Waals surface area contributed by atoms with Crippen LogP contribution in [0.1, 0.15) is 37.8 Å². The lowest BCUT2D eigenvalue weighted by atomic mass is 10.1. The predicted molar refractivity (Wildman–Crippen MR) is 114 cm³/mol. The quantitative estimate of drug-likeness (QED) is 0.406. The van der Waals surface area contributed by atoms with E-state index in [1.807, 2.05) is 72.8 Å². The van der Waals surface area contributed by atoms with E-state index in [1.165, 1.54) is 6.08 Å². The summed E-state index contributed by atoms with van der Waals surface area (Å²) in [7, 11) is 0. The number of ether oxygens (including phenoxy) is 1. The molecule has 2 aromatic carbocycles. The first-order chi connectivity index (χ1) is 13.9. The van der Waals surface area contributed by atoms with Gasteiger partial charge in [0.1, 0.15) is 0 Å². The Kier molecular flexibility index (Phi) is 11.1. The maximum absolute atomic E-state index is 11.1. The number of benzene rings is 2. The Morgan fingerprint density at radius 2 is 1.45 bits per heavy atom. The average Bonchev–Trinajstić information content (AvgIpc) is 2.74. The molecule has 29 heavy (non-hydrogen) atoms. The first-order valence-electron chi connectivity index (χ1n) is 9.34. The van der Waals surface area contributed by atoms with Crippen molar-refractivity contribution in [1.29, 1.82) is 0 Å². The molecule has 5 heteroatoms. The molecule has 0 amide bonds. The summed E-state index contributed by atoms with van der Waals surface area (Å²) in [5, 5.41) is 8.65. The molecule has 0 spiro atoms. The molecule has 0 aliphatic rings. The number of aliphatic carboxylic acids is 1. The Hall–Kier alpha value is -3.47. The van der Waals surface area contributed by atoms with Crippen molar-refractivity contribution in [2.75, 3.05) is 0 Å². The fraction of sp³-hybridized carbons (Fsp3) is 0.208. The molecule has 152 valence electrons. The normalized spacial score (nSPS) is 11.5. The standard InChI is InChI=1S/C12H12O3.C12H14O2/c1-2-11(13)15-12(14)9-8-10-6-4-3-5-7-10;1-10(12(13)14)6-5-9-11-7-3-2-4-8-11/h3-9H,2H2,1H3;2-5,7-10H,6H2,1H3,(H,13,14). The van der Waals surface area contributed by atoms with Crippen LogP contribution in [0.4, 0.5) is 0 Å². The molecule has 0 aliphatic carbocycles. The van der Waals surface area contributed by atoms with Gasteiger partial charge in [0.15, 0.2) is 0 Å². The molecule has 5 nitrogen and oxygen atoms in total. The van der Waals surface area contributed by atoms with Crippen molar-refractivity contribution in [3.05, 3.63) is 83.9 Å². The monoisotopic (exact) mass is 394 g/mol. The number of hydrogen-bond acceptors (Lipinski definition) is 4. The highest BCUT2D eigenvalue weighted by Gasteiger charge is 2.07. The Morgan fingerprint density at radius 3 is 1.93 bits per heavy atom. The van der Waals surface area contributed by atoms with Crippen LogP contribution in [-0.4, -0.2) is 23.0 Å². The second kappa shape index (κ2) is 13.7. The lowest BCUT2D eigenvalue weighted by Crippen LogP contribution is -2.08. The summed E-state index contributed by atoms with van der Waals surface area (Å²) in [5.41, 5.74) is 1.99. The van der Waals surface area contributed by atoms with Crippen LogP contribution in [0.15, 0.2) is 72.8 Å². The third kappa shape index (κ3) is 11.1. The molecular formula is C24H26O5. The van der Waals surface area contributed by atoms with Crippen LogP contribution < -0.4 is 0 Å². The van der Waals surface area contributed by atoms with E-state index in [2.05, 4.69) is 4.74 Å². The topological polar surface area (TPSA) is 80.7 Å². The lowest BCUT2D eigenvalue weighted by Gasteiger charge is -1.99. The molecule has 1 unspecified atom stereocenters. The highest BCUT2D eigenvalue weighted by molar-refractivity contribution is 5.94.